The van der Waals surface area contributed by atoms with Gasteiger partial charge in [0.25, 0.3) is 0 Å². The van der Waals surface area contributed by atoms with E-state index in [1.54, 1.807) is 0 Å². The second-order valence-corrected chi connectivity index (χ2v) is 3.22. The molecule has 0 aromatic heterocycles. The quantitative estimate of drug-likeness (QED) is 0.270. The summed E-state index contributed by atoms with van der Waals surface area (Å²) in [4.78, 5) is 0. The van der Waals surface area contributed by atoms with Crippen LogP contribution >= 0.6 is 0 Å². The van der Waals surface area contributed by atoms with Crippen LogP contribution in [0.15, 0.2) is 0 Å². The van der Waals surface area contributed by atoms with E-state index >= 15 is 0 Å². The van der Waals surface area contributed by atoms with Crippen LogP contribution < -0.4 is 5.32 Å². The Morgan fingerprint density at radius 3 is 1.46 bits per heavy atom. The summed E-state index contributed by atoms with van der Waals surface area (Å²) in [5, 5.41) is 48.1. The Balaban J connectivity index is 2.66. The number of rotatable bonds is 2. The first-order chi connectivity index (χ1) is 6.11. The fraction of sp³-hybridized carbons (Fsp3) is 1.00. The van der Waals surface area contributed by atoms with Gasteiger partial charge in [0.2, 0.25) is 0 Å². The third-order valence-electron chi connectivity index (χ3n) is 2.35. The molecule has 0 bridgehead atoms. The van der Waals surface area contributed by atoms with Crippen LogP contribution in [0.5, 0.6) is 0 Å². The Labute approximate surface area is 75.4 Å². The predicted octanol–water partition coefficient (Wildman–Crippen LogP) is -3.61. The molecule has 1 heterocycles. The minimum atomic E-state index is -1.34. The molecule has 1 aliphatic rings. The van der Waals surface area contributed by atoms with Crippen molar-refractivity contribution in [3.8, 4) is 0 Å². The van der Waals surface area contributed by atoms with Gasteiger partial charge in [0.15, 0.2) is 0 Å². The molecule has 0 saturated carbocycles. The molecule has 13 heavy (non-hydrogen) atoms. The molecule has 0 amide bonds. The third kappa shape index (κ3) is 1.98. The van der Waals surface area contributed by atoms with Crippen molar-refractivity contribution in [1.82, 2.24) is 5.32 Å². The zero-order valence-corrected chi connectivity index (χ0v) is 7.04. The fourth-order valence-electron chi connectivity index (χ4n) is 1.47. The average Bonchev–Trinajstić information content (AvgIpc) is 2.15. The number of hydrogen-bond donors (Lipinski definition) is 6. The molecule has 0 aromatic carbocycles. The first-order valence-corrected chi connectivity index (χ1v) is 4.13. The van der Waals surface area contributed by atoms with Gasteiger partial charge in [-0.05, 0) is 0 Å². The highest BCUT2D eigenvalue weighted by Gasteiger charge is 2.41. The van der Waals surface area contributed by atoms with Gasteiger partial charge in [-0.25, -0.2) is 0 Å². The molecule has 0 spiro atoms. The SMILES string of the molecule is OC[C@@H]1N[C@H](CO)[C@H](O)C(O)[C@H]1O. The summed E-state index contributed by atoms with van der Waals surface area (Å²) in [5.74, 6) is 0. The van der Waals surface area contributed by atoms with Crippen molar-refractivity contribution < 1.29 is 25.5 Å². The van der Waals surface area contributed by atoms with Crippen molar-refractivity contribution in [2.24, 2.45) is 0 Å². The van der Waals surface area contributed by atoms with Crippen LogP contribution in [-0.2, 0) is 0 Å². The van der Waals surface area contributed by atoms with E-state index in [1.807, 2.05) is 0 Å². The highest BCUT2D eigenvalue weighted by molar-refractivity contribution is 4.97. The van der Waals surface area contributed by atoms with Crippen LogP contribution in [0, 0.1) is 0 Å². The molecule has 1 fully saturated rings. The highest BCUT2D eigenvalue weighted by atomic mass is 16.4. The maximum Gasteiger partial charge on any atom is 0.109 e. The Kier molecular flexibility index (Phi) is 3.60. The first-order valence-electron chi connectivity index (χ1n) is 4.13. The molecule has 0 aromatic rings. The third-order valence-corrected chi connectivity index (χ3v) is 2.35. The Morgan fingerprint density at radius 1 is 0.769 bits per heavy atom. The maximum absolute atomic E-state index is 9.31. The van der Waals surface area contributed by atoms with Crippen molar-refractivity contribution in [3.05, 3.63) is 0 Å². The summed E-state index contributed by atoms with van der Waals surface area (Å²) in [7, 11) is 0. The lowest BCUT2D eigenvalue weighted by molar-refractivity contribution is -0.125. The van der Waals surface area contributed by atoms with Gasteiger partial charge >= 0.3 is 0 Å². The van der Waals surface area contributed by atoms with E-state index in [4.69, 9.17) is 10.2 Å². The van der Waals surface area contributed by atoms with Crippen molar-refractivity contribution in [1.29, 1.82) is 0 Å². The maximum atomic E-state index is 9.31. The van der Waals surface area contributed by atoms with Gasteiger partial charge < -0.3 is 30.8 Å². The molecule has 6 nitrogen and oxygen atoms in total. The van der Waals surface area contributed by atoms with E-state index in [2.05, 4.69) is 5.32 Å². The van der Waals surface area contributed by atoms with E-state index < -0.39 is 30.4 Å². The minimum absolute atomic E-state index is 0.360. The van der Waals surface area contributed by atoms with Crippen LogP contribution in [0.3, 0.4) is 0 Å². The van der Waals surface area contributed by atoms with E-state index in [-0.39, 0.29) is 13.2 Å². The van der Waals surface area contributed by atoms with E-state index in [0.29, 0.717) is 0 Å². The summed E-state index contributed by atoms with van der Waals surface area (Å²) in [6.45, 7) is -0.719. The summed E-state index contributed by atoms with van der Waals surface area (Å²) in [5.41, 5.74) is 0. The van der Waals surface area contributed by atoms with E-state index in [0.717, 1.165) is 0 Å². The molecule has 78 valence electrons. The molecular formula is C7H15NO5. The molecule has 5 atom stereocenters. The topological polar surface area (TPSA) is 113 Å². The van der Waals surface area contributed by atoms with Gasteiger partial charge in [0, 0.05) is 0 Å². The van der Waals surface area contributed by atoms with Crippen LogP contribution in [0.1, 0.15) is 0 Å². The molecule has 0 radical (unpaired) electrons. The van der Waals surface area contributed by atoms with Gasteiger partial charge in [0.05, 0.1) is 37.5 Å². The molecule has 6 N–H and O–H groups in total. The van der Waals surface area contributed by atoms with Gasteiger partial charge in [-0.15, -0.1) is 0 Å². The van der Waals surface area contributed by atoms with Crippen LogP contribution in [0.25, 0.3) is 0 Å². The van der Waals surface area contributed by atoms with Crippen LogP contribution in [0.4, 0.5) is 0 Å². The number of hydrogen-bond acceptors (Lipinski definition) is 6. The smallest absolute Gasteiger partial charge is 0.109 e. The van der Waals surface area contributed by atoms with Gasteiger partial charge in [-0.3, -0.25) is 0 Å². The zero-order chi connectivity index (χ0) is 10.0. The lowest BCUT2D eigenvalue weighted by atomic mass is 9.91. The second-order valence-electron chi connectivity index (χ2n) is 3.22. The molecule has 1 saturated heterocycles. The van der Waals surface area contributed by atoms with Crippen molar-refractivity contribution in [2.45, 2.75) is 30.4 Å². The Bertz CT molecular complexity index is 147. The van der Waals surface area contributed by atoms with Crippen LogP contribution in [0.2, 0.25) is 0 Å². The van der Waals surface area contributed by atoms with Gasteiger partial charge in [0.1, 0.15) is 6.10 Å². The largest absolute Gasteiger partial charge is 0.395 e. The van der Waals surface area contributed by atoms with Crippen molar-refractivity contribution >= 4 is 0 Å². The summed E-state index contributed by atoms with van der Waals surface area (Å²) < 4.78 is 0. The summed E-state index contributed by atoms with van der Waals surface area (Å²) >= 11 is 0. The van der Waals surface area contributed by atoms with Crippen molar-refractivity contribution in [3.63, 3.8) is 0 Å². The predicted molar refractivity (Wildman–Crippen MR) is 42.9 cm³/mol. The fourth-order valence-corrected chi connectivity index (χ4v) is 1.47. The van der Waals surface area contributed by atoms with Crippen molar-refractivity contribution in [2.75, 3.05) is 13.2 Å². The molecule has 1 unspecified atom stereocenters. The number of nitrogens with one attached hydrogen (secondary N) is 1. The number of aliphatic hydroxyl groups is 5. The Hall–Kier alpha value is -0.240. The molecule has 1 rings (SSSR count). The monoisotopic (exact) mass is 193 g/mol. The van der Waals surface area contributed by atoms with E-state index in [1.165, 1.54) is 0 Å². The molecule has 6 heteroatoms. The average molecular weight is 193 g/mol. The zero-order valence-electron chi connectivity index (χ0n) is 7.04. The Morgan fingerprint density at radius 2 is 1.15 bits per heavy atom. The number of aliphatic hydroxyl groups excluding tert-OH is 5. The summed E-state index contributed by atoms with van der Waals surface area (Å²) in [6.07, 6.45) is -3.78. The standard InChI is InChI=1S/C7H15NO5/c9-1-3-5(11)7(13)6(12)4(2-10)8-3/h3-13H,1-2H2/t3-,4+,5-,6-,7?/m0/s1. The van der Waals surface area contributed by atoms with Gasteiger partial charge in [-0.1, -0.05) is 0 Å². The summed E-state index contributed by atoms with van der Waals surface area (Å²) in [6, 6.07) is -1.42. The van der Waals surface area contributed by atoms with Crippen LogP contribution in [-0.4, -0.2) is 69.1 Å². The molecular weight excluding hydrogens is 178 g/mol. The normalized spacial score (nSPS) is 46.4. The second kappa shape index (κ2) is 4.32. The minimum Gasteiger partial charge on any atom is -0.395 e. The first kappa shape index (κ1) is 10.8. The van der Waals surface area contributed by atoms with E-state index in [9.17, 15) is 15.3 Å². The lowest BCUT2D eigenvalue weighted by Crippen LogP contribution is -2.66. The number of piperidine rings is 1. The lowest BCUT2D eigenvalue weighted by Gasteiger charge is -2.40. The molecule has 1 aliphatic heterocycles. The molecule has 0 aliphatic carbocycles. The van der Waals surface area contributed by atoms with Gasteiger partial charge in [-0.2, -0.15) is 0 Å². The highest BCUT2D eigenvalue weighted by Crippen LogP contribution is 2.14.